The number of nitrogens with zero attached hydrogens (tertiary/aromatic N) is 2. The molecule has 3 nitrogen and oxygen atoms in total. The summed E-state index contributed by atoms with van der Waals surface area (Å²) >= 11 is -0.152. The van der Waals surface area contributed by atoms with Crippen LogP contribution < -0.4 is 5.73 Å². The second-order valence-corrected chi connectivity index (χ2v) is 5.35. The standard InChI is InChI=1S/C13H12F3N3S/c1-7-8(2)18-12(19-11(7)17)9-3-5-10(6-4-9)20-13(14,15)16/h3-6H,1-2H3,(H2,17,18,19). The van der Waals surface area contributed by atoms with Gasteiger partial charge in [-0.3, -0.25) is 0 Å². The summed E-state index contributed by atoms with van der Waals surface area (Å²) in [4.78, 5) is 8.56. The first-order valence-corrected chi connectivity index (χ1v) is 6.55. The van der Waals surface area contributed by atoms with Gasteiger partial charge in [0.2, 0.25) is 0 Å². The van der Waals surface area contributed by atoms with Crippen LogP contribution in [0.25, 0.3) is 11.4 Å². The number of anilines is 1. The Balaban J connectivity index is 2.31. The third kappa shape index (κ3) is 3.41. The summed E-state index contributed by atoms with van der Waals surface area (Å²) in [6, 6.07) is 5.89. The lowest BCUT2D eigenvalue weighted by molar-refractivity contribution is -0.0328. The van der Waals surface area contributed by atoms with Crippen molar-refractivity contribution < 1.29 is 13.2 Å². The Morgan fingerprint density at radius 1 is 1.05 bits per heavy atom. The molecule has 0 aliphatic rings. The summed E-state index contributed by atoms with van der Waals surface area (Å²) in [5, 5.41) is 0. The molecule has 20 heavy (non-hydrogen) atoms. The second-order valence-electron chi connectivity index (χ2n) is 4.22. The van der Waals surface area contributed by atoms with Crippen molar-refractivity contribution in [2.24, 2.45) is 0 Å². The molecule has 0 bridgehead atoms. The molecule has 1 aromatic carbocycles. The molecule has 1 heterocycles. The largest absolute Gasteiger partial charge is 0.446 e. The van der Waals surface area contributed by atoms with E-state index in [-0.39, 0.29) is 16.7 Å². The quantitative estimate of drug-likeness (QED) is 0.853. The zero-order chi connectivity index (χ0) is 14.9. The number of aromatic nitrogens is 2. The van der Waals surface area contributed by atoms with Gasteiger partial charge in [0, 0.05) is 21.7 Å². The van der Waals surface area contributed by atoms with Gasteiger partial charge < -0.3 is 5.73 Å². The summed E-state index contributed by atoms with van der Waals surface area (Å²) in [5.41, 5.74) is 3.66. The zero-order valence-electron chi connectivity index (χ0n) is 10.8. The Hall–Kier alpha value is -1.76. The number of thioether (sulfide) groups is 1. The normalized spacial score (nSPS) is 11.7. The van der Waals surface area contributed by atoms with Crippen molar-refractivity contribution in [2.45, 2.75) is 24.3 Å². The first-order valence-electron chi connectivity index (χ1n) is 5.73. The van der Waals surface area contributed by atoms with Crippen molar-refractivity contribution in [3.63, 3.8) is 0 Å². The number of aryl methyl sites for hydroxylation is 1. The van der Waals surface area contributed by atoms with E-state index in [0.29, 0.717) is 17.2 Å². The highest BCUT2D eigenvalue weighted by atomic mass is 32.2. The van der Waals surface area contributed by atoms with E-state index in [1.54, 1.807) is 12.1 Å². The first kappa shape index (κ1) is 14.6. The molecule has 2 rings (SSSR count). The van der Waals surface area contributed by atoms with E-state index in [4.69, 9.17) is 5.73 Å². The SMILES string of the molecule is Cc1nc(-c2ccc(SC(F)(F)F)cc2)nc(N)c1C. The lowest BCUT2D eigenvalue weighted by atomic mass is 10.2. The van der Waals surface area contributed by atoms with Crippen LogP contribution in [0, 0.1) is 13.8 Å². The van der Waals surface area contributed by atoms with Gasteiger partial charge in [-0.25, -0.2) is 9.97 Å². The topological polar surface area (TPSA) is 51.8 Å². The van der Waals surface area contributed by atoms with Gasteiger partial charge in [0.15, 0.2) is 5.82 Å². The highest BCUT2D eigenvalue weighted by Crippen LogP contribution is 2.37. The molecular weight excluding hydrogens is 287 g/mol. The van der Waals surface area contributed by atoms with Crippen LogP contribution in [0.4, 0.5) is 19.0 Å². The molecule has 0 saturated heterocycles. The summed E-state index contributed by atoms with van der Waals surface area (Å²) in [5.74, 6) is 0.787. The molecule has 0 amide bonds. The average molecular weight is 299 g/mol. The maximum atomic E-state index is 12.2. The van der Waals surface area contributed by atoms with Crippen molar-refractivity contribution in [3.8, 4) is 11.4 Å². The minimum atomic E-state index is -4.29. The van der Waals surface area contributed by atoms with Crippen molar-refractivity contribution in [2.75, 3.05) is 5.73 Å². The van der Waals surface area contributed by atoms with E-state index in [2.05, 4.69) is 9.97 Å². The van der Waals surface area contributed by atoms with Crippen LogP contribution in [-0.2, 0) is 0 Å². The maximum absolute atomic E-state index is 12.2. The Morgan fingerprint density at radius 2 is 1.65 bits per heavy atom. The number of hydrogen-bond donors (Lipinski definition) is 1. The molecule has 0 atom stereocenters. The van der Waals surface area contributed by atoms with Gasteiger partial charge in [0.05, 0.1) is 0 Å². The van der Waals surface area contributed by atoms with E-state index >= 15 is 0 Å². The minimum Gasteiger partial charge on any atom is -0.383 e. The summed E-state index contributed by atoms with van der Waals surface area (Å²) in [6.07, 6.45) is 0. The van der Waals surface area contributed by atoms with Crippen LogP contribution >= 0.6 is 11.8 Å². The number of halogens is 3. The molecule has 7 heteroatoms. The van der Waals surface area contributed by atoms with Gasteiger partial charge >= 0.3 is 5.51 Å². The smallest absolute Gasteiger partial charge is 0.383 e. The fourth-order valence-corrected chi connectivity index (χ4v) is 2.13. The Labute approximate surface area is 118 Å². The predicted molar refractivity (Wildman–Crippen MR) is 73.3 cm³/mol. The zero-order valence-corrected chi connectivity index (χ0v) is 11.6. The Kier molecular flexibility index (Phi) is 3.89. The summed E-state index contributed by atoms with van der Waals surface area (Å²) in [7, 11) is 0. The molecule has 1 aromatic heterocycles. The third-order valence-electron chi connectivity index (χ3n) is 2.77. The van der Waals surface area contributed by atoms with Gasteiger partial charge in [0.1, 0.15) is 5.82 Å². The molecule has 2 N–H and O–H groups in total. The van der Waals surface area contributed by atoms with Crippen LogP contribution in [0.15, 0.2) is 29.2 Å². The van der Waals surface area contributed by atoms with Gasteiger partial charge in [-0.2, -0.15) is 13.2 Å². The van der Waals surface area contributed by atoms with Crippen LogP contribution in [0.5, 0.6) is 0 Å². The summed E-state index contributed by atoms with van der Waals surface area (Å²) in [6.45, 7) is 3.63. The van der Waals surface area contributed by atoms with Gasteiger partial charge in [-0.05, 0) is 37.7 Å². The number of benzene rings is 1. The fourth-order valence-electron chi connectivity index (χ4n) is 1.59. The number of nitrogen functional groups attached to an aromatic ring is 1. The monoisotopic (exact) mass is 299 g/mol. The average Bonchev–Trinajstić information content (AvgIpc) is 2.34. The number of hydrogen-bond acceptors (Lipinski definition) is 4. The molecule has 0 aliphatic heterocycles. The third-order valence-corrected chi connectivity index (χ3v) is 3.51. The lowest BCUT2D eigenvalue weighted by Crippen LogP contribution is -2.02. The lowest BCUT2D eigenvalue weighted by Gasteiger charge is -2.08. The van der Waals surface area contributed by atoms with E-state index in [1.807, 2.05) is 13.8 Å². The number of rotatable bonds is 2. The van der Waals surface area contributed by atoms with Crippen molar-refractivity contribution in [3.05, 3.63) is 35.5 Å². The summed E-state index contributed by atoms with van der Waals surface area (Å²) < 4.78 is 36.7. The Bertz CT molecular complexity index is 601. The van der Waals surface area contributed by atoms with Crippen molar-refractivity contribution in [1.29, 1.82) is 0 Å². The molecule has 0 fully saturated rings. The van der Waals surface area contributed by atoms with Gasteiger partial charge in [-0.1, -0.05) is 12.1 Å². The maximum Gasteiger partial charge on any atom is 0.446 e. The second kappa shape index (κ2) is 5.32. The molecular formula is C13H12F3N3S. The van der Waals surface area contributed by atoms with Crippen LogP contribution in [0.1, 0.15) is 11.3 Å². The van der Waals surface area contributed by atoms with E-state index in [0.717, 1.165) is 11.3 Å². The molecule has 0 saturated carbocycles. The molecule has 106 valence electrons. The molecule has 0 spiro atoms. The fraction of sp³-hybridized carbons (Fsp3) is 0.231. The van der Waals surface area contributed by atoms with E-state index in [9.17, 15) is 13.2 Å². The predicted octanol–water partition coefficient (Wildman–Crippen LogP) is 3.95. The van der Waals surface area contributed by atoms with Crippen LogP contribution in [0.3, 0.4) is 0 Å². The highest BCUT2D eigenvalue weighted by Gasteiger charge is 2.29. The molecule has 2 aromatic rings. The van der Waals surface area contributed by atoms with Crippen LogP contribution in [0.2, 0.25) is 0 Å². The van der Waals surface area contributed by atoms with Crippen LogP contribution in [-0.4, -0.2) is 15.5 Å². The van der Waals surface area contributed by atoms with E-state index < -0.39 is 5.51 Å². The number of nitrogens with two attached hydrogens (primary N) is 1. The van der Waals surface area contributed by atoms with Gasteiger partial charge in [-0.15, -0.1) is 0 Å². The minimum absolute atomic E-state index is 0.123. The molecule has 0 aliphatic carbocycles. The van der Waals surface area contributed by atoms with E-state index in [1.165, 1.54) is 12.1 Å². The van der Waals surface area contributed by atoms with Crippen molar-refractivity contribution in [1.82, 2.24) is 9.97 Å². The molecule has 0 radical (unpaired) electrons. The number of alkyl halides is 3. The molecule has 0 unspecified atom stereocenters. The first-order chi connectivity index (χ1) is 9.26. The highest BCUT2D eigenvalue weighted by molar-refractivity contribution is 8.00. The van der Waals surface area contributed by atoms with Crippen molar-refractivity contribution >= 4 is 17.6 Å². The Morgan fingerprint density at radius 3 is 2.15 bits per heavy atom. The van der Waals surface area contributed by atoms with Gasteiger partial charge in [0.25, 0.3) is 0 Å².